The van der Waals surface area contributed by atoms with E-state index in [0.29, 0.717) is 16.6 Å². The third kappa shape index (κ3) is 2.08. The highest BCUT2D eigenvalue weighted by molar-refractivity contribution is 14.8. The number of carbonyl (C=O) groups excluding carboxylic acids is 2. The van der Waals surface area contributed by atoms with Crippen LogP contribution in [0.25, 0.3) is 0 Å². The Kier molecular flexibility index (Phi) is 3.37. The molecule has 0 bridgehead atoms. The summed E-state index contributed by atoms with van der Waals surface area (Å²) in [5.41, 5.74) is 0.787. The van der Waals surface area contributed by atoms with E-state index in [1.54, 1.807) is 0 Å². The van der Waals surface area contributed by atoms with Gasteiger partial charge in [0.15, 0.2) is 0 Å². The van der Waals surface area contributed by atoms with Crippen LogP contribution in [0.1, 0.15) is 0 Å². The maximum Gasteiger partial charge on any atom is 0.258 e. The van der Waals surface area contributed by atoms with E-state index >= 15 is 0 Å². The number of halogens is 2. The summed E-state index contributed by atoms with van der Waals surface area (Å²) in [5.74, 6) is -0.426. The van der Waals surface area contributed by atoms with Crippen LogP contribution in [-0.2, 0) is 9.59 Å². The van der Waals surface area contributed by atoms with Gasteiger partial charge in [0, 0.05) is 20.7 Å². The fourth-order valence-electron chi connectivity index (χ4n) is 1.12. The largest absolute Gasteiger partial charge is 0.269 e. The first kappa shape index (κ1) is 10.3. The van der Waals surface area contributed by atoms with Crippen LogP contribution >= 0.6 is 33.2 Å². The monoisotopic (exact) mass is 415 g/mol. The molecule has 2 amide bonds. The number of hydrogen-bond donors (Lipinski definition) is 0. The molecule has 2 aliphatic heterocycles. The van der Waals surface area contributed by atoms with Gasteiger partial charge in [0.2, 0.25) is 0 Å². The van der Waals surface area contributed by atoms with Crippen molar-refractivity contribution in [2.45, 2.75) is 0 Å². The summed E-state index contributed by atoms with van der Waals surface area (Å²) in [7, 11) is 0. The van der Waals surface area contributed by atoms with Crippen molar-refractivity contribution in [3.8, 4) is 0 Å². The van der Waals surface area contributed by atoms with Crippen molar-refractivity contribution in [3.63, 3.8) is 0 Å². The first-order valence-electron chi connectivity index (χ1n) is 3.94. The summed E-state index contributed by atoms with van der Waals surface area (Å²) in [6, 6.07) is 0. The highest BCUT2D eigenvalue weighted by atomic mass is 128. The Morgan fingerprint density at radius 2 is 1.86 bits per heavy atom. The molecule has 0 saturated carbocycles. The minimum absolute atomic E-state index is 0.102. The zero-order valence-electron chi connectivity index (χ0n) is 7.11. The molecule has 0 atom stereocenters. The zero-order chi connectivity index (χ0) is 9.97. The minimum atomic E-state index is -0.213. The van der Waals surface area contributed by atoms with Crippen molar-refractivity contribution in [1.82, 2.24) is 4.90 Å². The van der Waals surface area contributed by atoms with Gasteiger partial charge in [0.05, 0.1) is 5.70 Å². The van der Waals surface area contributed by atoms with Gasteiger partial charge in [0.25, 0.3) is 11.8 Å². The third-order valence-electron chi connectivity index (χ3n) is 1.71. The molecule has 2 rings (SSSR count). The number of alkyl halides is 1. The Morgan fingerprint density at radius 1 is 1.14 bits per heavy atom. The van der Waals surface area contributed by atoms with E-state index in [0.717, 1.165) is 10.1 Å². The Bertz CT molecular complexity index is 389. The Labute approximate surface area is 97.2 Å². The van der Waals surface area contributed by atoms with Crippen molar-refractivity contribution in [2.24, 2.45) is 0 Å². The maximum atomic E-state index is 11.4. The predicted octanol–water partition coefficient (Wildman–Crippen LogP) is 2.18. The second-order valence-corrected chi connectivity index (χ2v) is 12.2. The number of hydrogen-bond acceptors (Lipinski definition) is 2. The topological polar surface area (TPSA) is 37.4 Å². The van der Waals surface area contributed by atoms with E-state index < -0.39 is 0 Å². The molecule has 0 N–H and O–H groups in total. The van der Waals surface area contributed by atoms with Crippen LogP contribution in [-0.4, -0.2) is 21.1 Å². The molecule has 0 fully saturated rings. The van der Waals surface area contributed by atoms with E-state index in [4.69, 9.17) is 0 Å². The molecule has 0 aromatic heterocycles. The van der Waals surface area contributed by atoms with Gasteiger partial charge in [-0.25, -0.2) is 4.90 Å². The molecule has 0 spiro atoms. The highest BCUT2D eigenvalue weighted by Crippen LogP contribution is 2.27. The third-order valence-corrected chi connectivity index (χ3v) is 9.81. The first-order chi connectivity index (χ1) is 6.79. The van der Waals surface area contributed by atoms with Gasteiger partial charge in [-0.2, -0.15) is 0 Å². The molecule has 0 saturated heterocycles. The number of rotatable bonds is 1. The van der Waals surface area contributed by atoms with Gasteiger partial charge in [-0.3, -0.25) is 9.59 Å². The molecule has 3 nitrogen and oxygen atoms in total. The molecule has 0 aliphatic carbocycles. The van der Waals surface area contributed by atoms with E-state index in [-0.39, 0.29) is 28.4 Å². The van der Waals surface area contributed by atoms with Crippen molar-refractivity contribution < 1.29 is 9.59 Å². The number of carbonyl (C=O) groups is 2. The summed E-state index contributed by atoms with van der Waals surface area (Å²) < 4.78 is 3.26. The van der Waals surface area contributed by atoms with Crippen LogP contribution in [0.15, 0.2) is 34.1 Å². The normalized spacial score (nSPS) is 21.4. The van der Waals surface area contributed by atoms with Gasteiger partial charge in [0.1, 0.15) is 0 Å². The van der Waals surface area contributed by atoms with Crippen LogP contribution in [0.5, 0.6) is 0 Å². The molecule has 0 aromatic rings. The zero-order valence-corrected chi connectivity index (χ0v) is 11.4. The minimum Gasteiger partial charge on any atom is -0.269 e. The summed E-state index contributed by atoms with van der Waals surface area (Å²) in [6.45, 7) is 0. The Hall–Kier alpha value is -0.180. The lowest BCUT2D eigenvalue weighted by Crippen LogP contribution is -2.28. The second-order valence-electron chi connectivity index (χ2n) is 2.62. The lowest BCUT2D eigenvalue weighted by atomic mass is 10.3. The van der Waals surface area contributed by atoms with Gasteiger partial charge < -0.3 is 0 Å². The van der Waals surface area contributed by atoms with E-state index in [1.807, 2.05) is 6.08 Å². The average Bonchev–Trinajstić information content (AvgIpc) is 2.45. The highest BCUT2D eigenvalue weighted by Gasteiger charge is 2.25. The van der Waals surface area contributed by atoms with Crippen molar-refractivity contribution in [2.75, 3.05) is 4.43 Å². The quantitative estimate of drug-likeness (QED) is 0.374. The van der Waals surface area contributed by atoms with Gasteiger partial charge in [-0.15, -0.1) is 0 Å². The molecular formula is C9H7I2NO2. The molecule has 2 heterocycles. The summed E-state index contributed by atoms with van der Waals surface area (Å²) in [4.78, 5) is 24.0. The summed E-state index contributed by atoms with van der Waals surface area (Å²) >= 11 is 0.394. The van der Waals surface area contributed by atoms with Crippen molar-refractivity contribution in [3.05, 3.63) is 34.1 Å². The Balaban J connectivity index is 2.31. The van der Waals surface area contributed by atoms with Crippen molar-refractivity contribution in [1.29, 1.82) is 0 Å². The first-order valence-corrected chi connectivity index (χ1v) is 13.0. The lowest BCUT2D eigenvalue weighted by Gasteiger charge is -2.13. The van der Waals surface area contributed by atoms with E-state index in [9.17, 15) is 9.59 Å². The van der Waals surface area contributed by atoms with Crippen LogP contribution in [0.4, 0.5) is 0 Å². The second kappa shape index (κ2) is 4.56. The molecule has 0 radical (unpaired) electrons. The fourth-order valence-corrected chi connectivity index (χ4v) is 7.96. The van der Waals surface area contributed by atoms with Crippen LogP contribution < -0.4 is 0 Å². The standard InChI is InChI=1S/C9H7I2NO2/c13-8-3-4-9(14)12(8)7-2-1-5-10-11-6-7/h1-4,6H,5H2. The molecule has 0 aromatic carbocycles. The lowest BCUT2D eigenvalue weighted by molar-refractivity contribution is -0.134. The molecule has 5 heteroatoms. The maximum absolute atomic E-state index is 11.4. The van der Waals surface area contributed by atoms with Crippen LogP contribution in [0, 0.1) is 0 Å². The number of allylic oxidation sites excluding steroid dienone is 2. The molecule has 74 valence electrons. The van der Waals surface area contributed by atoms with Crippen LogP contribution in [0.3, 0.4) is 0 Å². The van der Waals surface area contributed by atoms with E-state index in [2.05, 4.69) is 10.2 Å². The number of amides is 2. The van der Waals surface area contributed by atoms with Gasteiger partial charge in [-0.1, -0.05) is 39.3 Å². The summed E-state index contributed by atoms with van der Waals surface area (Å²) in [6.07, 6.45) is 6.63. The summed E-state index contributed by atoms with van der Waals surface area (Å²) in [5, 5.41) is 0. The smallest absolute Gasteiger partial charge is 0.258 e. The molecular weight excluding hydrogens is 408 g/mol. The number of nitrogens with zero attached hydrogens (tertiary/aromatic N) is 1. The predicted molar refractivity (Wildman–Crippen MR) is 71.1 cm³/mol. The number of imide groups is 1. The average molecular weight is 415 g/mol. The van der Waals surface area contributed by atoms with Gasteiger partial charge in [-0.05, 0) is 6.08 Å². The van der Waals surface area contributed by atoms with E-state index in [1.165, 1.54) is 17.1 Å². The molecule has 2 aliphatic rings. The van der Waals surface area contributed by atoms with Crippen molar-refractivity contribution >= 4 is 45.0 Å². The van der Waals surface area contributed by atoms with Gasteiger partial charge >= 0.3 is 0 Å². The Morgan fingerprint density at radius 3 is 2.57 bits per heavy atom. The SMILES string of the molecule is O=C1C=CC(=O)N1C1=CI=ICC=C1. The molecule has 0 unspecified atom stereocenters. The fraction of sp³-hybridized carbons (Fsp3) is 0.111. The van der Waals surface area contributed by atoms with Crippen LogP contribution in [0.2, 0.25) is 0 Å². The molecule has 14 heavy (non-hydrogen) atoms.